The number of para-hydroxylation sites is 1. The number of benzene rings is 2. The molecule has 0 atom stereocenters. The number of hydrogen-bond donors (Lipinski definition) is 1. The Balaban J connectivity index is 1.31. The summed E-state index contributed by atoms with van der Waals surface area (Å²) in [5.74, 6) is 0.412. The minimum Gasteiger partial charge on any atom is -0.368 e. The summed E-state index contributed by atoms with van der Waals surface area (Å²) in [6, 6.07) is 17.7. The van der Waals surface area contributed by atoms with Gasteiger partial charge in [0.1, 0.15) is 0 Å². The summed E-state index contributed by atoms with van der Waals surface area (Å²) >= 11 is 6.09. The van der Waals surface area contributed by atoms with Gasteiger partial charge in [-0.1, -0.05) is 48.0 Å². The minimum absolute atomic E-state index is 0.261. The van der Waals surface area contributed by atoms with E-state index in [1.165, 1.54) is 11.8 Å². The molecule has 4 rings (SSSR count). The van der Waals surface area contributed by atoms with E-state index in [2.05, 4.69) is 49.4 Å². The predicted molar refractivity (Wildman–Crippen MR) is 122 cm³/mol. The molecule has 1 N–H and O–H groups in total. The number of rotatable bonds is 5. The highest BCUT2D eigenvalue weighted by atomic mass is 35.5. The molecular formula is C23H22ClN5O. The van der Waals surface area contributed by atoms with Crippen molar-refractivity contribution in [1.82, 2.24) is 9.97 Å². The SMILES string of the molecule is O=C(/C=C/c1ccccc1Cl)Nc1cnc(N2CCN(c3ccccc3)CC2)nc1. The minimum atomic E-state index is -0.261. The van der Waals surface area contributed by atoms with Crippen LogP contribution in [0.4, 0.5) is 17.3 Å². The summed E-state index contributed by atoms with van der Waals surface area (Å²) in [5, 5.41) is 3.37. The zero-order valence-corrected chi connectivity index (χ0v) is 17.2. The third-order valence-corrected chi connectivity index (χ3v) is 5.25. The number of amides is 1. The first kappa shape index (κ1) is 19.9. The van der Waals surface area contributed by atoms with Crippen LogP contribution in [0.3, 0.4) is 0 Å². The summed E-state index contributed by atoms with van der Waals surface area (Å²) in [6.07, 6.45) is 6.39. The molecule has 1 fully saturated rings. The number of nitrogens with one attached hydrogen (secondary N) is 1. The maximum absolute atomic E-state index is 12.1. The van der Waals surface area contributed by atoms with Gasteiger partial charge in [0.15, 0.2) is 0 Å². The molecule has 0 aliphatic carbocycles. The highest BCUT2D eigenvalue weighted by Crippen LogP contribution is 2.19. The van der Waals surface area contributed by atoms with Gasteiger partial charge in [-0.3, -0.25) is 4.79 Å². The Hall–Kier alpha value is -3.38. The largest absolute Gasteiger partial charge is 0.368 e. The van der Waals surface area contributed by atoms with Crippen molar-refractivity contribution < 1.29 is 4.79 Å². The standard InChI is InChI=1S/C23H22ClN5O/c24-21-9-5-4-6-18(21)10-11-22(30)27-19-16-25-23(26-17-19)29-14-12-28(13-15-29)20-7-2-1-3-8-20/h1-11,16-17H,12-15H2,(H,27,30)/b11-10+. The van der Waals surface area contributed by atoms with Crippen molar-refractivity contribution in [3.8, 4) is 0 Å². The zero-order chi connectivity index (χ0) is 20.8. The van der Waals surface area contributed by atoms with E-state index in [4.69, 9.17) is 11.6 Å². The fourth-order valence-electron chi connectivity index (χ4n) is 3.31. The van der Waals surface area contributed by atoms with E-state index < -0.39 is 0 Å². The second-order valence-corrected chi connectivity index (χ2v) is 7.33. The monoisotopic (exact) mass is 419 g/mol. The first-order valence-corrected chi connectivity index (χ1v) is 10.2. The van der Waals surface area contributed by atoms with Gasteiger partial charge in [0, 0.05) is 43.0 Å². The van der Waals surface area contributed by atoms with Crippen molar-refractivity contribution in [2.24, 2.45) is 0 Å². The van der Waals surface area contributed by atoms with Crippen molar-refractivity contribution >= 4 is 40.9 Å². The van der Waals surface area contributed by atoms with Crippen LogP contribution in [0.5, 0.6) is 0 Å². The molecule has 2 aromatic carbocycles. The average molecular weight is 420 g/mol. The van der Waals surface area contributed by atoms with Gasteiger partial charge in [-0.15, -0.1) is 0 Å². The van der Waals surface area contributed by atoms with E-state index in [0.29, 0.717) is 16.7 Å². The van der Waals surface area contributed by atoms with Crippen LogP contribution in [0.15, 0.2) is 73.1 Å². The number of aromatic nitrogens is 2. The third-order valence-electron chi connectivity index (χ3n) is 4.91. The molecular weight excluding hydrogens is 398 g/mol. The lowest BCUT2D eigenvalue weighted by Crippen LogP contribution is -2.47. The van der Waals surface area contributed by atoms with Gasteiger partial charge >= 0.3 is 0 Å². The Morgan fingerprint density at radius 2 is 1.53 bits per heavy atom. The van der Waals surface area contributed by atoms with Crippen LogP contribution in [0.25, 0.3) is 6.08 Å². The number of anilines is 3. The van der Waals surface area contributed by atoms with Crippen molar-refractivity contribution in [2.45, 2.75) is 0 Å². The molecule has 30 heavy (non-hydrogen) atoms. The highest BCUT2D eigenvalue weighted by molar-refractivity contribution is 6.32. The van der Waals surface area contributed by atoms with Gasteiger partial charge in [0.25, 0.3) is 0 Å². The predicted octanol–water partition coefficient (Wildman–Crippen LogP) is 4.11. The van der Waals surface area contributed by atoms with Crippen molar-refractivity contribution in [3.63, 3.8) is 0 Å². The summed E-state index contributed by atoms with van der Waals surface area (Å²) in [7, 11) is 0. The van der Waals surface area contributed by atoms with Gasteiger partial charge in [0.05, 0.1) is 18.1 Å². The van der Waals surface area contributed by atoms with E-state index in [0.717, 1.165) is 31.7 Å². The molecule has 7 heteroatoms. The lowest BCUT2D eigenvalue weighted by Gasteiger charge is -2.36. The fraction of sp³-hybridized carbons (Fsp3) is 0.174. The molecule has 1 amide bonds. The normalized spacial score (nSPS) is 14.2. The maximum Gasteiger partial charge on any atom is 0.248 e. The van der Waals surface area contributed by atoms with Crippen LogP contribution in [0.2, 0.25) is 5.02 Å². The molecule has 0 saturated carbocycles. The molecule has 0 bridgehead atoms. The number of nitrogens with zero attached hydrogens (tertiary/aromatic N) is 4. The third kappa shape index (κ3) is 4.96. The van der Waals surface area contributed by atoms with E-state index in [1.54, 1.807) is 24.5 Å². The first-order chi connectivity index (χ1) is 14.7. The lowest BCUT2D eigenvalue weighted by atomic mass is 10.2. The van der Waals surface area contributed by atoms with Crippen molar-refractivity contribution in [3.05, 3.63) is 83.7 Å². The molecule has 0 spiro atoms. The van der Waals surface area contributed by atoms with Gasteiger partial charge in [0.2, 0.25) is 11.9 Å². The van der Waals surface area contributed by atoms with Crippen LogP contribution in [-0.2, 0) is 4.79 Å². The maximum atomic E-state index is 12.1. The topological polar surface area (TPSA) is 61.4 Å². The Morgan fingerprint density at radius 3 is 2.23 bits per heavy atom. The Kier molecular flexibility index (Phi) is 6.25. The summed E-state index contributed by atoms with van der Waals surface area (Å²) in [6.45, 7) is 3.53. The number of piperazine rings is 1. The van der Waals surface area contributed by atoms with Crippen LogP contribution in [0.1, 0.15) is 5.56 Å². The Morgan fingerprint density at radius 1 is 0.900 bits per heavy atom. The van der Waals surface area contributed by atoms with Gasteiger partial charge in [-0.05, 0) is 29.8 Å². The first-order valence-electron chi connectivity index (χ1n) is 9.79. The number of carbonyl (C=O) groups excluding carboxylic acids is 1. The second-order valence-electron chi connectivity index (χ2n) is 6.93. The van der Waals surface area contributed by atoms with Crippen molar-refractivity contribution in [2.75, 3.05) is 41.3 Å². The second kappa shape index (κ2) is 9.41. The number of halogens is 1. The molecule has 0 unspecified atom stereocenters. The molecule has 1 aliphatic heterocycles. The molecule has 1 aromatic heterocycles. The zero-order valence-electron chi connectivity index (χ0n) is 16.4. The average Bonchev–Trinajstić information content (AvgIpc) is 2.80. The molecule has 3 aromatic rings. The molecule has 2 heterocycles. The van der Waals surface area contributed by atoms with Gasteiger partial charge in [-0.25, -0.2) is 9.97 Å². The quantitative estimate of drug-likeness (QED) is 0.630. The van der Waals surface area contributed by atoms with Crippen LogP contribution in [-0.4, -0.2) is 42.1 Å². The fourth-order valence-corrected chi connectivity index (χ4v) is 3.51. The number of carbonyl (C=O) groups is 1. The molecule has 1 saturated heterocycles. The lowest BCUT2D eigenvalue weighted by molar-refractivity contribution is -0.111. The molecule has 0 radical (unpaired) electrons. The highest BCUT2D eigenvalue weighted by Gasteiger charge is 2.19. The van der Waals surface area contributed by atoms with Crippen LogP contribution < -0.4 is 15.1 Å². The van der Waals surface area contributed by atoms with Crippen LogP contribution >= 0.6 is 11.6 Å². The molecule has 6 nitrogen and oxygen atoms in total. The molecule has 1 aliphatic rings. The Bertz CT molecular complexity index is 1020. The van der Waals surface area contributed by atoms with Gasteiger partial charge < -0.3 is 15.1 Å². The Labute approximate surface area is 180 Å². The van der Waals surface area contributed by atoms with E-state index >= 15 is 0 Å². The van der Waals surface area contributed by atoms with E-state index in [1.807, 2.05) is 24.3 Å². The number of hydrogen-bond acceptors (Lipinski definition) is 5. The summed E-state index contributed by atoms with van der Waals surface area (Å²) < 4.78 is 0. The van der Waals surface area contributed by atoms with Crippen LogP contribution in [0, 0.1) is 0 Å². The smallest absolute Gasteiger partial charge is 0.248 e. The molecule has 152 valence electrons. The van der Waals surface area contributed by atoms with E-state index in [-0.39, 0.29) is 5.91 Å². The van der Waals surface area contributed by atoms with E-state index in [9.17, 15) is 4.79 Å². The van der Waals surface area contributed by atoms with Crippen molar-refractivity contribution in [1.29, 1.82) is 0 Å². The summed E-state index contributed by atoms with van der Waals surface area (Å²) in [4.78, 5) is 25.5. The van der Waals surface area contributed by atoms with Gasteiger partial charge in [-0.2, -0.15) is 0 Å². The summed E-state index contributed by atoms with van der Waals surface area (Å²) in [5.41, 5.74) is 2.58.